The monoisotopic (exact) mass is 307 g/mol. The first-order chi connectivity index (χ1) is 9.63. The summed E-state index contributed by atoms with van der Waals surface area (Å²) in [4.78, 5) is 0. The van der Waals surface area contributed by atoms with Gasteiger partial charge in [-0.2, -0.15) is 0 Å². The van der Waals surface area contributed by atoms with Crippen LogP contribution in [0.2, 0.25) is 10.0 Å². The summed E-state index contributed by atoms with van der Waals surface area (Å²) < 4.78 is 5.80. The first-order valence-electron chi connectivity index (χ1n) is 6.58. The van der Waals surface area contributed by atoms with Gasteiger partial charge in [0.05, 0.1) is 0 Å². The zero-order valence-corrected chi connectivity index (χ0v) is 12.4. The first-order valence-corrected chi connectivity index (χ1v) is 7.34. The molecule has 0 heterocycles. The van der Waals surface area contributed by atoms with Gasteiger partial charge in [-0.25, -0.2) is 0 Å². The number of ether oxygens (including phenoxy) is 1. The van der Waals surface area contributed by atoms with E-state index in [0.717, 1.165) is 24.2 Å². The van der Waals surface area contributed by atoms with Crippen molar-refractivity contribution >= 4 is 23.2 Å². The predicted octanol–water partition coefficient (Wildman–Crippen LogP) is 4.52. The number of aryl methyl sites for hydroxylation is 1. The minimum absolute atomic E-state index is 0.168. The van der Waals surface area contributed by atoms with Gasteiger partial charge in [-0.1, -0.05) is 29.3 Å². The third-order valence-electron chi connectivity index (χ3n) is 3.64. The largest absolute Gasteiger partial charge is 0.489 e. The van der Waals surface area contributed by atoms with Crippen molar-refractivity contribution in [1.29, 1.82) is 0 Å². The highest BCUT2D eigenvalue weighted by molar-refractivity contribution is 6.33. The van der Waals surface area contributed by atoms with Gasteiger partial charge in [0.15, 0.2) is 0 Å². The second kappa shape index (κ2) is 5.65. The third kappa shape index (κ3) is 2.78. The Bertz CT molecular complexity index is 642. The molecule has 20 heavy (non-hydrogen) atoms. The van der Waals surface area contributed by atoms with Gasteiger partial charge in [0.25, 0.3) is 0 Å². The quantitative estimate of drug-likeness (QED) is 0.905. The average molecular weight is 308 g/mol. The second-order valence-electron chi connectivity index (χ2n) is 5.03. The van der Waals surface area contributed by atoms with E-state index in [1.807, 2.05) is 12.1 Å². The van der Waals surface area contributed by atoms with E-state index in [2.05, 4.69) is 12.1 Å². The van der Waals surface area contributed by atoms with E-state index < -0.39 is 0 Å². The number of hydrogen-bond donors (Lipinski definition) is 1. The summed E-state index contributed by atoms with van der Waals surface area (Å²) in [5.41, 5.74) is 9.43. The molecule has 1 atom stereocenters. The molecule has 3 rings (SSSR count). The van der Waals surface area contributed by atoms with Crippen LogP contribution in [-0.4, -0.2) is 0 Å². The van der Waals surface area contributed by atoms with Crippen LogP contribution in [0.4, 0.5) is 0 Å². The normalized spacial score (nSPS) is 17.1. The van der Waals surface area contributed by atoms with Gasteiger partial charge in [-0.3, -0.25) is 0 Å². The Kier molecular flexibility index (Phi) is 3.88. The van der Waals surface area contributed by atoms with E-state index in [4.69, 9.17) is 33.7 Å². The van der Waals surface area contributed by atoms with Crippen LogP contribution in [0, 0.1) is 0 Å². The van der Waals surface area contributed by atoms with Crippen LogP contribution in [0.5, 0.6) is 5.75 Å². The van der Waals surface area contributed by atoms with Gasteiger partial charge in [0.1, 0.15) is 12.4 Å². The zero-order chi connectivity index (χ0) is 14.1. The van der Waals surface area contributed by atoms with E-state index in [9.17, 15) is 0 Å². The van der Waals surface area contributed by atoms with Crippen LogP contribution in [0.3, 0.4) is 0 Å². The molecule has 4 heteroatoms. The molecule has 0 radical (unpaired) electrons. The number of halogens is 2. The Morgan fingerprint density at radius 1 is 1.15 bits per heavy atom. The smallest absolute Gasteiger partial charge is 0.120 e. The molecule has 2 aromatic rings. The van der Waals surface area contributed by atoms with E-state index >= 15 is 0 Å². The number of rotatable bonds is 3. The number of nitrogens with two attached hydrogens (primary N) is 1. The minimum atomic E-state index is 0.168. The molecule has 0 saturated heterocycles. The summed E-state index contributed by atoms with van der Waals surface area (Å²) in [7, 11) is 0. The topological polar surface area (TPSA) is 35.2 Å². The molecule has 0 saturated carbocycles. The molecule has 0 fully saturated rings. The van der Waals surface area contributed by atoms with E-state index in [-0.39, 0.29) is 6.04 Å². The first kappa shape index (κ1) is 13.7. The molecule has 0 amide bonds. The lowest BCUT2D eigenvalue weighted by Crippen LogP contribution is -2.05. The summed E-state index contributed by atoms with van der Waals surface area (Å²) in [5, 5.41) is 1.32. The number of hydrogen-bond acceptors (Lipinski definition) is 2. The van der Waals surface area contributed by atoms with Gasteiger partial charge in [0, 0.05) is 21.7 Å². The molecular formula is C16H15Cl2NO. The maximum Gasteiger partial charge on any atom is 0.120 e. The van der Waals surface area contributed by atoms with Crippen LogP contribution in [0.1, 0.15) is 29.2 Å². The highest BCUT2D eigenvalue weighted by atomic mass is 35.5. The summed E-state index contributed by atoms with van der Waals surface area (Å²) in [6.45, 7) is 0.407. The standard InChI is InChI=1S/C16H15Cl2NO/c17-12-2-5-15(18)11(7-12)9-20-13-3-4-14-10(8-13)1-6-16(14)19/h2-5,7-8,16H,1,6,9,19H2. The fraction of sp³-hybridized carbons (Fsp3) is 0.250. The summed E-state index contributed by atoms with van der Waals surface area (Å²) >= 11 is 12.1. The SMILES string of the molecule is NC1CCc2cc(OCc3cc(Cl)ccc3Cl)ccc21. The van der Waals surface area contributed by atoms with Crippen LogP contribution in [-0.2, 0) is 13.0 Å². The highest BCUT2D eigenvalue weighted by Gasteiger charge is 2.19. The molecular weight excluding hydrogens is 293 g/mol. The maximum atomic E-state index is 6.12. The molecule has 2 nitrogen and oxygen atoms in total. The van der Waals surface area contributed by atoms with Crippen LogP contribution in [0.25, 0.3) is 0 Å². The van der Waals surface area contributed by atoms with Gasteiger partial charge >= 0.3 is 0 Å². The molecule has 0 aliphatic heterocycles. The van der Waals surface area contributed by atoms with Gasteiger partial charge < -0.3 is 10.5 Å². The molecule has 104 valence electrons. The fourth-order valence-corrected chi connectivity index (χ4v) is 2.90. The van der Waals surface area contributed by atoms with Crippen LogP contribution >= 0.6 is 23.2 Å². The molecule has 1 aliphatic rings. The molecule has 0 spiro atoms. The van der Waals surface area contributed by atoms with Crippen molar-refractivity contribution in [3.05, 3.63) is 63.1 Å². The molecule has 1 aliphatic carbocycles. The Balaban J connectivity index is 1.74. The minimum Gasteiger partial charge on any atom is -0.489 e. The van der Waals surface area contributed by atoms with E-state index in [0.29, 0.717) is 16.7 Å². The highest BCUT2D eigenvalue weighted by Crippen LogP contribution is 2.32. The van der Waals surface area contributed by atoms with E-state index in [1.165, 1.54) is 11.1 Å². The Morgan fingerprint density at radius 2 is 2.00 bits per heavy atom. The molecule has 0 aromatic heterocycles. The zero-order valence-electron chi connectivity index (χ0n) is 10.9. The summed E-state index contributed by atoms with van der Waals surface area (Å²) in [5.74, 6) is 0.842. The fourth-order valence-electron chi connectivity index (χ4n) is 2.53. The van der Waals surface area contributed by atoms with Crippen LogP contribution in [0.15, 0.2) is 36.4 Å². The molecule has 1 unspecified atom stereocenters. The third-order valence-corrected chi connectivity index (χ3v) is 4.24. The Morgan fingerprint density at radius 3 is 2.85 bits per heavy atom. The second-order valence-corrected chi connectivity index (χ2v) is 5.87. The van der Waals surface area contributed by atoms with Crippen molar-refractivity contribution in [2.45, 2.75) is 25.5 Å². The number of benzene rings is 2. The Hall–Kier alpha value is -1.22. The number of fused-ring (bicyclic) bond motifs is 1. The lowest BCUT2D eigenvalue weighted by Gasteiger charge is -2.10. The van der Waals surface area contributed by atoms with Gasteiger partial charge in [0.2, 0.25) is 0 Å². The molecule has 2 aromatic carbocycles. The predicted molar refractivity (Wildman–Crippen MR) is 82.5 cm³/mol. The molecule has 2 N–H and O–H groups in total. The van der Waals surface area contributed by atoms with Crippen LogP contribution < -0.4 is 10.5 Å². The van der Waals surface area contributed by atoms with Gasteiger partial charge in [-0.05, 0) is 54.3 Å². The summed E-state index contributed by atoms with van der Waals surface area (Å²) in [6, 6.07) is 11.6. The lowest BCUT2D eigenvalue weighted by molar-refractivity contribution is 0.306. The van der Waals surface area contributed by atoms with Crippen molar-refractivity contribution in [2.24, 2.45) is 5.73 Å². The summed E-state index contributed by atoms with van der Waals surface area (Å²) in [6.07, 6.45) is 2.03. The lowest BCUT2D eigenvalue weighted by atomic mass is 10.1. The van der Waals surface area contributed by atoms with Crippen molar-refractivity contribution in [3.63, 3.8) is 0 Å². The Labute approximate surface area is 128 Å². The van der Waals surface area contributed by atoms with Crippen molar-refractivity contribution in [3.8, 4) is 5.75 Å². The van der Waals surface area contributed by atoms with Crippen molar-refractivity contribution in [2.75, 3.05) is 0 Å². The molecule has 0 bridgehead atoms. The van der Waals surface area contributed by atoms with Crippen molar-refractivity contribution in [1.82, 2.24) is 0 Å². The van der Waals surface area contributed by atoms with Gasteiger partial charge in [-0.15, -0.1) is 0 Å². The average Bonchev–Trinajstić information content (AvgIpc) is 2.81. The van der Waals surface area contributed by atoms with E-state index in [1.54, 1.807) is 12.1 Å². The van der Waals surface area contributed by atoms with Crippen molar-refractivity contribution < 1.29 is 4.74 Å². The maximum absolute atomic E-state index is 6.12.